The van der Waals surface area contributed by atoms with Gasteiger partial charge in [0.05, 0.1) is 5.56 Å². The van der Waals surface area contributed by atoms with E-state index in [1.54, 1.807) is 0 Å². The molecule has 0 amide bonds. The monoisotopic (exact) mass is 292 g/mol. The first-order chi connectivity index (χ1) is 9.21. The van der Waals surface area contributed by atoms with Crippen molar-refractivity contribution in [1.29, 1.82) is 0 Å². The second kappa shape index (κ2) is 5.01. The van der Waals surface area contributed by atoms with Crippen LogP contribution in [0.4, 0.5) is 5.13 Å². The summed E-state index contributed by atoms with van der Waals surface area (Å²) in [5.74, 6) is 0. The molecule has 20 heavy (non-hydrogen) atoms. The van der Waals surface area contributed by atoms with Crippen LogP contribution in [0.25, 0.3) is 10.6 Å². The molecule has 0 saturated heterocycles. The van der Waals surface area contributed by atoms with Crippen LogP contribution in [0.5, 0.6) is 0 Å². The molecule has 2 heterocycles. The third-order valence-corrected chi connectivity index (χ3v) is 3.86. The van der Waals surface area contributed by atoms with Crippen molar-refractivity contribution in [2.45, 2.75) is 46.1 Å². The molecule has 2 rings (SSSR count). The Kier molecular flexibility index (Phi) is 3.69. The van der Waals surface area contributed by atoms with E-state index in [9.17, 15) is 4.79 Å². The van der Waals surface area contributed by atoms with Crippen molar-refractivity contribution in [3.8, 4) is 10.6 Å². The van der Waals surface area contributed by atoms with Crippen LogP contribution in [0.15, 0.2) is 16.9 Å². The summed E-state index contributed by atoms with van der Waals surface area (Å²) < 4.78 is 1.83. The van der Waals surface area contributed by atoms with Gasteiger partial charge in [-0.2, -0.15) is 0 Å². The number of aromatic nitrogens is 3. The molecular weight excluding hydrogens is 272 g/mol. The minimum absolute atomic E-state index is 0.0384. The van der Waals surface area contributed by atoms with Gasteiger partial charge in [0.25, 0.3) is 5.56 Å². The Balaban J connectivity index is 2.71. The van der Waals surface area contributed by atoms with Gasteiger partial charge in [-0.15, -0.1) is 10.2 Å². The number of hydrogen-bond donors (Lipinski definition) is 1. The fourth-order valence-electron chi connectivity index (χ4n) is 2.18. The third kappa shape index (κ3) is 2.60. The van der Waals surface area contributed by atoms with Gasteiger partial charge in [-0.05, 0) is 26.0 Å². The topological polar surface area (TPSA) is 73.8 Å². The third-order valence-electron chi connectivity index (χ3n) is 3.07. The molecule has 5 nitrogen and oxygen atoms in total. The molecule has 2 aromatic heterocycles. The van der Waals surface area contributed by atoms with Gasteiger partial charge in [0.1, 0.15) is 0 Å². The molecule has 0 bridgehead atoms. The lowest BCUT2D eigenvalue weighted by atomic mass is 9.90. The van der Waals surface area contributed by atoms with Gasteiger partial charge in [0.2, 0.25) is 5.13 Å². The number of anilines is 1. The van der Waals surface area contributed by atoms with Crippen molar-refractivity contribution in [3.63, 3.8) is 0 Å². The van der Waals surface area contributed by atoms with Gasteiger partial charge in [0, 0.05) is 17.2 Å². The van der Waals surface area contributed by atoms with Crippen LogP contribution in [0.2, 0.25) is 0 Å². The van der Waals surface area contributed by atoms with Crippen molar-refractivity contribution in [2.75, 3.05) is 5.73 Å². The van der Waals surface area contributed by atoms with Gasteiger partial charge >= 0.3 is 0 Å². The number of nitrogen functional groups attached to an aromatic ring is 1. The summed E-state index contributed by atoms with van der Waals surface area (Å²) >= 11 is 1.23. The molecule has 6 heteroatoms. The maximum atomic E-state index is 12.7. The molecule has 108 valence electrons. The molecule has 0 aliphatic rings. The summed E-state index contributed by atoms with van der Waals surface area (Å²) in [7, 11) is 0. The van der Waals surface area contributed by atoms with Crippen LogP contribution < -0.4 is 11.3 Å². The van der Waals surface area contributed by atoms with Crippen LogP contribution in [0, 0.1) is 0 Å². The van der Waals surface area contributed by atoms with Gasteiger partial charge < -0.3 is 10.3 Å². The van der Waals surface area contributed by atoms with Crippen molar-refractivity contribution in [3.05, 3.63) is 28.2 Å². The molecular formula is C14H20N4OS. The molecule has 0 unspecified atom stereocenters. The maximum Gasteiger partial charge on any atom is 0.261 e. The molecule has 0 atom stereocenters. The summed E-state index contributed by atoms with van der Waals surface area (Å²) in [4.78, 5) is 12.7. The minimum atomic E-state index is -0.0951. The average molecular weight is 292 g/mol. The second-order valence-electron chi connectivity index (χ2n) is 6.10. The Bertz CT molecular complexity index is 679. The predicted octanol–water partition coefficient (Wildman–Crippen LogP) is 2.83. The van der Waals surface area contributed by atoms with E-state index in [4.69, 9.17) is 5.73 Å². The van der Waals surface area contributed by atoms with E-state index in [2.05, 4.69) is 31.0 Å². The number of rotatable bonds is 2. The number of nitrogens with zero attached hydrogens (tertiary/aromatic N) is 3. The number of hydrogen-bond acceptors (Lipinski definition) is 5. The summed E-state index contributed by atoms with van der Waals surface area (Å²) in [5, 5.41) is 8.69. The lowest BCUT2D eigenvalue weighted by Crippen LogP contribution is -2.31. The highest BCUT2D eigenvalue weighted by Crippen LogP contribution is 2.27. The van der Waals surface area contributed by atoms with Crippen LogP contribution in [-0.2, 0) is 5.41 Å². The van der Waals surface area contributed by atoms with Gasteiger partial charge in [0.15, 0.2) is 5.01 Å². The molecule has 2 N–H and O–H groups in total. The van der Waals surface area contributed by atoms with Crippen LogP contribution in [0.1, 0.15) is 46.4 Å². The lowest BCUT2D eigenvalue weighted by Gasteiger charge is -2.26. The summed E-state index contributed by atoms with van der Waals surface area (Å²) in [6.45, 7) is 10.3. The molecule has 0 radical (unpaired) electrons. The fraction of sp³-hybridized carbons (Fsp3) is 0.500. The molecule has 2 aromatic rings. The first kappa shape index (κ1) is 14.7. The normalized spacial score (nSPS) is 12.1. The quantitative estimate of drug-likeness (QED) is 0.923. The average Bonchev–Trinajstić information content (AvgIpc) is 2.73. The highest BCUT2D eigenvalue weighted by Gasteiger charge is 2.22. The largest absolute Gasteiger partial charge is 0.374 e. The number of pyridine rings is 1. The zero-order chi connectivity index (χ0) is 15.1. The van der Waals surface area contributed by atoms with E-state index in [0.717, 1.165) is 5.69 Å². The lowest BCUT2D eigenvalue weighted by molar-refractivity contribution is 0.468. The Morgan fingerprint density at radius 2 is 1.90 bits per heavy atom. The fourth-order valence-corrected chi connectivity index (χ4v) is 2.81. The molecule has 0 spiro atoms. The Morgan fingerprint density at radius 1 is 1.25 bits per heavy atom. The number of nitrogens with two attached hydrogens (primary N) is 1. The first-order valence-electron chi connectivity index (χ1n) is 6.57. The van der Waals surface area contributed by atoms with E-state index in [-0.39, 0.29) is 17.0 Å². The van der Waals surface area contributed by atoms with Crippen LogP contribution in [0.3, 0.4) is 0 Å². The van der Waals surface area contributed by atoms with Crippen molar-refractivity contribution >= 4 is 16.5 Å². The van der Waals surface area contributed by atoms with Gasteiger partial charge in [-0.1, -0.05) is 32.1 Å². The predicted molar refractivity (Wildman–Crippen MR) is 83.1 cm³/mol. The standard InChI is InChI=1S/C14H20N4OS/c1-8(2)18-10(14(3,4)5)7-6-9(12(18)19)11-16-17-13(15)20-11/h6-8H,1-5H3,(H2,15,17). The minimum Gasteiger partial charge on any atom is -0.374 e. The summed E-state index contributed by atoms with van der Waals surface area (Å²) in [5.41, 5.74) is 7.03. The van der Waals surface area contributed by atoms with Gasteiger partial charge in [-0.25, -0.2) is 0 Å². The highest BCUT2D eigenvalue weighted by molar-refractivity contribution is 7.18. The van der Waals surface area contributed by atoms with Crippen LogP contribution in [-0.4, -0.2) is 14.8 Å². The van der Waals surface area contributed by atoms with Crippen LogP contribution >= 0.6 is 11.3 Å². The highest BCUT2D eigenvalue weighted by atomic mass is 32.1. The zero-order valence-corrected chi connectivity index (χ0v) is 13.3. The van der Waals surface area contributed by atoms with Crippen molar-refractivity contribution in [1.82, 2.24) is 14.8 Å². The van der Waals surface area contributed by atoms with Crippen molar-refractivity contribution < 1.29 is 0 Å². The zero-order valence-electron chi connectivity index (χ0n) is 12.5. The van der Waals surface area contributed by atoms with E-state index < -0.39 is 0 Å². The van der Waals surface area contributed by atoms with Gasteiger partial charge in [-0.3, -0.25) is 4.79 Å². The van der Waals surface area contributed by atoms with E-state index in [1.807, 2.05) is 30.5 Å². The molecule has 0 saturated carbocycles. The molecule has 0 aliphatic carbocycles. The Morgan fingerprint density at radius 3 is 2.35 bits per heavy atom. The summed E-state index contributed by atoms with van der Waals surface area (Å²) in [6, 6.07) is 3.90. The SMILES string of the molecule is CC(C)n1c(C(C)(C)C)ccc(-c2nnc(N)s2)c1=O. The smallest absolute Gasteiger partial charge is 0.261 e. The van der Waals surface area contributed by atoms with Crippen molar-refractivity contribution in [2.24, 2.45) is 0 Å². The molecule has 0 aromatic carbocycles. The Labute approximate surface area is 122 Å². The molecule has 0 aliphatic heterocycles. The van der Waals surface area contributed by atoms with E-state index in [0.29, 0.717) is 15.7 Å². The van der Waals surface area contributed by atoms with E-state index >= 15 is 0 Å². The molecule has 0 fully saturated rings. The summed E-state index contributed by atoms with van der Waals surface area (Å²) in [6.07, 6.45) is 0. The Hall–Kier alpha value is -1.69. The first-order valence-corrected chi connectivity index (χ1v) is 7.39. The maximum absolute atomic E-state index is 12.7. The van der Waals surface area contributed by atoms with E-state index in [1.165, 1.54) is 11.3 Å². The second-order valence-corrected chi connectivity index (χ2v) is 7.11.